The Hall–Kier alpha value is -1.08. The molecule has 0 amide bonds. The zero-order valence-corrected chi connectivity index (χ0v) is 8.36. The van der Waals surface area contributed by atoms with Gasteiger partial charge in [-0.3, -0.25) is 0 Å². The van der Waals surface area contributed by atoms with Crippen LogP contribution < -0.4 is 0 Å². The summed E-state index contributed by atoms with van der Waals surface area (Å²) in [5.74, 6) is 0. The number of ether oxygens (including phenoxy) is 1. The van der Waals surface area contributed by atoms with Crippen LogP contribution >= 0.6 is 0 Å². The van der Waals surface area contributed by atoms with Gasteiger partial charge in [0.15, 0.2) is 0 Å². The van der Waals surface area contributed by atoms with Gasteiger partial charge in [-0.05, 0) is 24.8 Å². The molecule has 0 bridgehead atoms. The molecule has 1 aliphatic rings. The third-order valence-corrected chi connectivity index (χ3v) is 2.71. The Morgan fingerprint density at radius 2 is 2.07 bits per heavy atom. The van der Waals surface area contributed by atoms with Gasteiger partial charge in [-0.15, -0.1) is 6.58 Å². The highest BCUT2D eigenvalue weighted by atomic mass is 16.5. The second-order valence-corrected chi connectivity index (χ2v) is 3.76. The minimum Gasteiger partial charge on any atom is -0.370 e. The van der Waals surface area contributed by atoms with Crippen molar-refractivity contribution in [1.82, 2.24) is 0 Å². The van der Waals surface area contributed by atoms with E-state index in [2.05, 4.69) is 30.8 Å². The lowest BCUT2D eigenvalue weighted by Crippen LogP contribution is -2.04. The lowest BCUT2D eigenvalue weighted by atomic mass is 10.1. The molecule has 1 saturated heterocycles. The van der Waals surface area contributed by atoms with Crippen molar-refractivity contribution >= 4 is 0 Å². The third kappa shape index (κ3) is 2.05. The molecule has 2 rings (SSSR count). The van der Waals surface area contributed by atoms with E-state index in [9.17, 15) is 0 Å². The number of hydrogen-bond donors (Lipinski definition) is 0. The van der Waals surface area contributed by atoms with Gasteiger partial charge in [-0.2, -0.15) is 0 Å². The first-order valence-corrected chi connectivity index (χ1v) is 5.21. The molecule has 1 heterocycles. The number of rotatable bonds is 3. The summed E-state index contributed by atoms with van der Waals surface area (Å²) in [7, 11) is 0. The van der Waals surface area contributed by atoms with Crippen molar-refractivity contribution in [3.63, 3.8) is 0 Å². The smallest absolute Gasteiger partial charge is 0.0829 e. The molecule has 0 aliphatic carbocycles. The zero-order chi connectivity index (χ0) is 9.80. The molecule has 2 unspecified atom stereocenters. The van der Waals surface area contributed by atoms with Crippen molar-refractivity contribution in [2.75, 3.05) is 0 Å². The monoisotopic (exact) mass is 188 g/mol. The summed E-state index contributed by atoms with van der Waals surface area (Å²) in [6.07, 6.45) is 5.91. The summed E-state index contributed by atoms with van der Waals surface area (Å²) in [5, 5.41) is 0. The largest absolute Gasteiger partial charge is 0.370 e. The standard InChI is InChI=1S/C13H16O/c1-2-6-12-9-10-13(14-12)11-7-4-3-5-8-11/h2-5,7-8,12-13H,1,6,9-10H2. The fourth-order valence-corrected chi connectivity index (χ4v) is 1.98. The summed E-state index contributed by atoms with van der Waals surface area (Å²) in [6, 6.07) is 10.5. The quantitative estimate of drug-likeness (QED) is 0.660. The normalized spacial score (nSPS) is 26.3. The molecule has 1 fully saturated rings. The average Bonchev–Trinajstić information content (AvgIpc) is 2.68. The maximum atomic E-state index is 5.92. The molecule has 0 aromatic heterocycles. The van der Waals surface area contributed by atoms with Gasteiger partial charge in [0.2, 0.25) is 0 Å². The van der Waals surface area contributed by atoms with Crippen molar-refractivity contribution in [3.05, 3.63) is 48.6 Å². The highest BCUT2D eigenvalue weighted by Crippen LogP contribution is 2.33. The first kappa shape index (κ1) is 9.47. The van der Waals surface area contributed by atoms with Gasteiger partial charge in [-0.25, -0.2) is 0 Å². The van der Waals surface area contributed by atoms with Gasteiger partial charge >= 0.3 is 0 Å². The Balaban J connectivity index is 1.99. The van der Waals surface area contributed by atoms with E-state index in [1.165, 1.54) is 5.56 Å². The highest BCUT2D eigenvalue weighted by Gasteiger charge is 2.24. The Kier molecular flexibility index (Phi) is 3.00. The Labute approximate surface area is 85.4 Å². The van der Waals surface area contributed by atoms with Crippen LogP contribution in [0.5, 0.6) is 0 Å². The number of benzene rings is 1. The topological polar surface area (TPSA) is 9.23 Å². The van der Waals surface area contributed by atoms with Crippen LogP contribution in [0.25, 0.3) is 0 Å². The molecule has 2 atom stereocenters. The third-order valence-electron chi connectivity index (χ3n) is 2.71. The molecule has 1 aromatic carbocycles. The molecule has 1 nitrogen and oxygen atoms in total. The van der Waals surface area contributed by atoms with Gasteiger partial charge in [0, 0.05) is 0 Å². The van der Waals surface area contributed by atoms with Crippen molar-refractivity contribution < 1.29 is 4.74 Å². The summed E-state index contributed by atoms with van der Waals surface area (Å²) in [5.41, 5.74) is 1.30. The second-order valence-electron chi connectivity index (χ2n) is 3.76. The fraction of sp³-hybridized carbons (Fsp3) is 0.385. The molecule has 0 radical (unpaired) electrons. The molecular weight excluding hydrogens is 172 g/mol. The molecule has 14 heavy (non-hydrogen) atoms. The average molecular weight is 188 g/mol. The molecule has 74 valence electrons. The van der Waals surface area contributed by atoms with Gasteiger partial charge in [0.1, 0.15) is 0 Å². The first-order chi connectivity index (χ1) is 6.90. The number of hydrogen-bond acceptors (Lipinski definition) is 1. The lowest BCUT2D eigenvalue weighted by molar-refractivity contribution is 0.0466. The maximum absolute atomic E-state index is 5.92. The lowest BCUT2D eigenvalue weighted by Gasteiger charge is -2.12. The molecule has 0 saturated carbocycles. The van der Waals surface area contributed by atoms with E-state index in [0.29, 0.717) is 12.2 Å². The minimum atomic E-state index is 0.307. The SMILES string of the molecule is C=CCC1CCC(c2ccccc2)O1. The summed E-state index contributed by atoms with van der Waals surface area (Å²) < 4.78 is 5.92. The van der Waals surface area contributed by atoms with Crippen molar-refractivity contribution in [2.45, 2.75) is 31.5 Å². The summed E-state index contributed by atoms with van der Waals surface area (Å²) in [4.78, 5) is 0. The van der Waals surface area contributed by atoms with E-state index < -0.39 is 0 Å². The van der Waals surface area contributed by atoms with Gasteiger partial charge in [-0.1, -0.05) is 36.4 Å². The molecule has 1 aromatic rings. The van der Waals surface area contributed by atoms with Gasteiger partial charge < -0.3 is 4.74 Å². The zero-order valence-electron chi connectivity index (χ0n) is 8.36. The van der Waals surface area contributed by atoms with E-state index in [1.807, 2.05) is 12.1 Å². The predicted molar refractivity (Wildman–Crippen MR) is 58.1 cm³/mol. The van der Waals surface area contributed by atoms with Crippen molar-refractivity contribution in [2.24, 2.45) is 0 Å². The van der Waals surface area contributed by atoms with E-state index in [0.717, 1.165) is 19.3 Å². The van der Waals surface area contributed by atoms with Crippen LogP contribution in [-0.4, -0.2) is 6.10 Å². The summed E-state index contributed by atoms with van der Waals surface area (Å²) in [6.45, 7) is 3.74. The Bertz CT molecular complexity index is 291. The molecule has 0 N–H and O–H groups in total. The van der Waals surface area contributed by atoms with Gasteiger partial charge in [0.05, 0.1) is 12.2 Å². The first-order valence-electron chi connectivity index (χ1n) is 5.21. The van der Waals surface area contributed by atoms with Crippen LogP contribution in [-0.2, 0) is 4.74 Å². The van der Waals surface area contributed by atoms with Crippen molar-refractivity contribution in [3.8, 4) is 0 Å². The Morgan fingerprint density at radius 3 is 2.79 bits per heavy atom. The van der Waals surface area contributed by atoms with Crippen LogP contribution in [0.4, 0.5) is 0 Å². The highest BCUT2D eigenvalue weighted by molar-refractivity contribution is 5.18. The van der Waals surface area contributed by atoms with E-state index in [4.69, 9.17) is 4.74 Å². The van der Waals surface area contributed by atoms with Crippen LogP contribution in [0.1, 0.15) is 30.9 Å². The van der Waals surface area contributed by atoms with Crippen molar-refractivity contribution in [1.29, 1.82) is 0 Å². The van der Waals surface area contributed by atoms with Crippen LogP contribution in [0.3, 0.4) is 0 Å². The van der Waals surface area contributed by atoms with E-state index in [-0.39, 0.29) is 0 Å². The molecule has 0 spiro atoms. The van der Waals surface area contributed by atoms with Gasteiger partial charge in [0.25, 0.3) is 0 Å². The second kappa shape index (κ2) is 4.43. The molecule has 1 heteroatoms. The summed E-state index contributed by atoms with van der Waals surface area (Å²) >= 11 is 0. The molecular formula is C13H16O. The van der Waals surface area contributed by atoms with Crippen LogP contribution in [0, 0.1) is 0 Å². The fourth-order valence-electron chi connectivity index (χ4n) is 1.98. The van der Waals surface area contributed by atoms with E-state index >= 15 is 0 Å². The van der Waals surface area contributed by atoms with E-state index in [1.54, 1.807) is 0 Å². The minimum absolute atomic E-state index is 0.307. The maximum Gasteiger partial charge on any atom is 0.0829 e. The van der Waals surface area contributed by atoms with Crippen LogP contribution in [0.15, 0.2) is 43.0 Å². The molecule has 1 aliphatic heterocycles. The predicted octanol–water partition coefficient (Wildman–Crippen LogP) is 3.48. The van der Waals surface area contributed by atoms with Crippen LogP contribution in [0.2, 0.25) is 0 Å². The Morgan fingerprint density at radius 1 is 1.29 bits per heavy atom.